The van der Waals surface area contributed by atoms with E-state index in [1.165, 1.54) is 11.1 Å². The number of hydrogen-bond acceptors (Lipinski definition) is 8. The molecule has 222 valence electrons. The highest BCUT2D eigenvalue weighted by Gasteiger charge is 2.40. The number of carbonyl (C=O) groups excluding carboxylic acids is 4. The molecule has 11 nitrogen and oxygen atoms in total. The van der Waals surface area contributed by atoms with Crippen LogP contribution < -0.4 is 10.6 Å². The van der Waals surface area contributed by atoms with Gasteiger partial charge in [-0.2, -0.15) is 0 Å². The molecule has 4 rings (SSSR count). The second-order valence-corrected chi connectivity index (χ2v) is 11.4. The Bertz CT molecular complexity index is 1420. The SMILES string of the molecule is Cc1cccc(Cc2nnc(C(=O)[C@@H](NC(=O)C3CCCN3C(=O)[C@@H](NC(=O)c3cccnc3)C(C)C)C(C)C)o2)c1. The number of amides is 3. The molecule has 2 aromatic heterocycles. The fourth-order valence-corrected chi connectivity index (χ4v) is 5.06. The average molecular weight is 575 g/mol. The van der Waals surface area contributed by atoms with Gasteiger partial charge in [0.05, 0.1) is 18.0 Å². The monoisotopic (exact) mass is 574 g/mol. The molecule has 0 saturated carbocycles. The lowest BCUT2D eigenvalue weighted by atomic mass is 9.98. The number of hydrogen-bond donors (Lipinski definition) is 2. The van der Waals surface area contributed by atoms with Gasteiger partial charge in [0.2, 0.25) is 23.5 Å². The lowest BCUT2D eigenvalue weighted by Crippen LogP contribution is -2.57. The van der Waals surface area contributed by atoms with Crippen molar-refractivity contribution in [1.29, 1.82) is 0 Å². The van der Waals surface area contributed by atoms with Crippen LogP contribution in [0.2, 0.25) is 0 Å². The fourth-order valence-electron chi connectivity index (χ4n) is 5.06. The highest BCUT2D eigenvalue weighted by molar-refractivity contribution is 6.01. The van der Waals surface area contributed by atoms with Crippen LogP contribution in [0.5, 0.6) is 0 Å². The lowest BCUT2D eigenvalue weighted by Gasteiger charge is -2.31. The van der Waals surface area contributed by atoms with Crippen LogP contribution in [0, 0.1) is 18.8 Å². The minimum Gasteiger partial charge on any atom is -0.418 e. The van der Waals surface area contributed by atoms with Crippen LogP contribution in [-0.4, -0.2) is 68.3 Å². The van der Waals surface area contributed by atoms with Crippen LogP contribution in [0.25, 0.3) is 0 Å². The summed E-state index contributed by atoms with van der Waals surface area (Å²) in [7, 11) is 0. The molecule has 0 bridgehead atoms. The van der Waals surface area contributed by atoms with Gasteiger partial charge >= 0.3 is 0 Å². The zero-order chi connectivity index (χ0) is 30.4. The molecule has 1 aliphatic heterocycles. The van der Waals surface area contributed by atoms with Gasteiger partial charge in [-0.05, 0) is 49.3 Å². The van der Waals surface area contributed by atoms with E-state index in [2.05, 4.69) is 25.8 Å². The van der Waals surface area contributed by atoms with Crippen molar-refractivity contribution in [1.82, 2.24) is 30.7 Å². The van der Waals surface area contributed by atoms with Gasteiger partial charge in [-0.25, -0.2) is 0 Å². The van der Waals surface area contributed by atoms with Gasteiger partial charge in [0.15, 0.2) is 0 Å². The number of aromatic nitrogens is 3. The minimum atomic E-state index is -0.923. The molecular formula is C31H38N6O5. The Morgan fingerprint density at radius 1 is 1.00 bits per heavy atom. The number of nitrogens with one attached hydrogen (secondary N) is 2. The van der Waals surface area contributed by atoms with Gasteiger partial charge in [0.1, 0.15) is 12.1 Å². The first-order valence-corrected chi connectivity index (χ1v) is 14.3. The summed E-state index contributed by atoms with van der Waals surface area (Å²) in [6, 6.07) is 8.61. The van der Waals surface area contributed by atoms with Crippen LogP contribution in [0.3, 0.4) is 0 Å². The summed E-state index contributed by atoms with van der Waals surface area (Å²) in [5.74, 6) is -2.05. The minimum absolute atomic E-state index is 0.172. The summed E-state index contributed by atoms with van der Waals surface area (Å²) in [4.78, 5) is 58.8. The second-order valence-electron chi connectivity index (χ2n) is 11.4. The number of Topliss-reactive ketones (excluding diaryl/α,β-unsaturated/α-hetero) is 1. The molecule has 1 aromatic carbocycles. The highest BCUT2D eigenvalue weighted by atomic mass is 16.4. The van der Waals surface area contributed by atoms with Gasteiger partial charge in [-0.15, -0.1) is 10.2 Å². The van der Waals surface area contributed by atoms with E-state index in [1.807, 2.05) is 58.9 Å². The van der Waals surface area contributed by atoms with E-state index in [0.717, 1.165) is 11.1 Å². The van der Waals surface area contributed by atoms with E-state index in [-0.39, 0.29) is 23.6 Å². The summed E-state index contributed by atoms with van der Waals surface area (Å²) < 4.78 is 5.69. The first-order valence-electron chi connectivity index (χ1n) is 14.3. The molecule has 3 amide bonds. The Morgan fingerprint density at radius 2 is 1.76 bits per heavy atom. The van der Waals surface area contributed by atoms with Crippen molar-refractivity contribution in [3.63, 3.8) is 0 Å². The zero-order valence-corrected chi connectivity index (χ0v) is 24.7. The molecule has 11 heteroatoms. The van der Waals surface area contributed by atoms with Gasteiger partial charge < -0.3 is 20.0 Å². The third kappa shape index (κ3) is 7.26. The van der Waals surface area contributed by atoms with E-state index in [1.54, 1.807) is 18.3 Å². The maximum atomic E-state index is 13.6. The molecule has 1 unspecified atom stereocenters. The fraction of sp³-hybridized carbons (Fsp3) is 0.452. The number of pyridine rings is 1. The third-order valence-corrected chi connectivity index (χ3v) is 7.34. The van der Waals surface area contributed by atoms with Gasteiger partial charge in [-0.3, -0.25) is 24.2 Å². The van der Waals surface area contributed by atoms with Crippen LogP contribution >= 0.6 is 0 Å². The maximum absolute atomic E-state index is 13.6. The highest BCUT2D eigenvalue weighted by Crippen LogP contribution is 2.22. The Balaban J connectivity index is 1.44. The predicted molar refractivity (Wildman–Crippen MR) is 154 cm³/mol. The summed E-state index contributed by atoms with van der Waals surface area (Å²) in [6.07, 6.45) is 4.44. The van der Waals surface area contributed by atoms with Gasteiger partial charge in [0.25, 0.3) is 11.8 Å². The number of benzene rings is 1. The maximum Gasteiger partial charge on any atom is 0.286 e. The number of rotatable bonds is 11. The molecule has 3 heterocycles. The predicted octanol–water partition coefficient (Wildman–Crippen LogP) is 3.13. The topological polar surface area (TPSA) is 147 Å². The molecule has 2 N–H and O–H groups in total. The summed E-state index contributed by atoms with van der Waals surface area (Å²) in [5, 5.41) is 13.6. The second kappa shape index (κ2) is 13.5. The smallest absolute Gasteiger partial charge is 0.286 e. The lowest BCUT2D eigenvalue weighted by molar-refractivity contribution is -0.140. The number of aryl methyl sites for hydroxylation is 1. The molecule has 3 atom stereocenters. The Labute approximate surface area is 245 Å². The molecule has 1 fully saturated rings. The number of ketones is 1. The first-order chi connectivity index (χ1) is 20.0. The first kappa shape index (κ1) is 30.5. The largest absolute Gasteiger partial charge is 0.418 e. The van der Waals surface area contributed by atoms with Crippen molar-refractivity contribution in [2.45, 2.75) is 72.0 Å². The Kier molecular flexibility index (Phi) is 9.82. The molecule has 3 aromatic rings. The number of nitrogens with zero attached hydrogens (tertiary/aromatic N) is 4. The van der Waals surface area contributed by atoms with Crippen molar-refractivity contribution in [3.05, 3.63) is 77.3 Å². The van der Waals surface area contributed by atoms with Gasteiger partial charge in [-0.1, -0.05) is 57.5 Å². The summed E-state index contributed by atoms with van der Waals surface area (Å²) >= 11 is 0. The van der Waals surface area contributed by atoms with E-state index in [0.29, 0.717) is 37.3 Å². The number of likely N-dealkylation sites (tertiary alicyclic amines) is 1. The molecule has 0 aliphatic carbocycles. The van der Waals surface area contributed by atoms with Crippen molar-refractivity contribution in [2.75, 3.05) is 6.54 Å². The quantitative estimate of drug-likeness (QED) is 0.332. The molecule has 1 aliphatic rings. The Morgan fingerprint density at radius 3 is 2.43 bits per heavy atom. The summed E-state index contributed by atoms with van der Waals surface area (Å²) in [5.41, 5.74) is 2.42. The Hall–Kier alpha value is -4.41. The van der Waals surface area contributed by atoms with E-state index in [4.69, 9.17) is 4.42 Å². The van der Waals surface area contributed by atoms with Crippen molar-refractivity contribution >= 4 is 23.5 Å². The van der Waals surface area contributed by atoms with E-state index < -0.39 is 35.7 Å². The summed E-state index contributed by atoms with van der Waals surface area (Å²) in [6.45, 7) is 9.66. The van der Waals surface area contributed by atoms with Crippen LogP contribution in [-0.2, 0) is 16.0 Å². The van der Waals surface area contributed by atoms with Crippen molar-refractivity contribution in [2.24, 2.45) is 11.8 Å². The molecule has 0 spiro atoms. The van der Waals surface area contributed by atoms with Crippen LogP contribution in [0.15, 0.2) is 53.2 Å². The van der Waals surface area contributed by atoms with E-state index in [9.17, 15) is 19.2 Å². The zero-order valence-electron chi connectivity index (χ0n) is 24.7. The third-order valence-electron chi connectivity index (χ3n) is 7.34. The van der Waals surface area contributed by atoms with Crippen molar-refractivity contribution in [3.8, 4) is 0 Å². The molecule has 1 saturated heterocycles. The van der Waals surface area contributed by atoms with Crippen LogP contribution in [0.1, 0.15) is 78.6 Å². The standard InChI is InChI=1S/C31H38N6O5/c1-18(2)25(27(38)30-36-35-24(42-30)16-21-10-6-9-20(5)15-21)33-29(40)23-12-8-14-37(23)31(41)26(19(3)4)34-28(39)22-11-7-13-32-17-22/h6-7,9-11,13,15,17-19,23,25-26H,8,12,14,16H2,1-5H3,(H,33,40)(H,34,39)/t23?,25-,26-/m0/s1. The normalized spacial score (nSPS) is 16.4. The van der Waals surface area contributed by atoms with Gasteiger partial charge in [0, 0.05) is 18.9 Å². The molecule has 0 radical (unpaired) electrons. The van der Waals surface area contributed by atoms with E-state index >= 15 is 0 Å². The molecule has 42 heavy (non-hydrogen) atoms. The van der Waals surface area contributed by atoms with Crippen molar-refractivity contribution < 1.29 is 23.6 Å². The molecular weight excluding hydrogens is 536 g/mol. The average Bonchev–Trinajstić information content (AvgIpc) is 3.64. The number of carbonyl (C=O) groups is 4. The van der Waals surface area contributed by atoms with Crippen LogP contribution in [0.4, 0.5) is 0 Å².